The van der Waals surface area contributed by atoms with Crippen molar-refractivity contribution in [2.45, 2.75) is 51.9 Å². The number of carboxylic acids is 1. The van der Waals surface area contributed by atoms with E-state index in [0.29, 0.717) is 17.4 Å². The molecule has 0 atom stereocenters. The number of benzene rings is 2. The third kappa shape index (κ3) is 7.73. The van der Waals surface area contributed by atoms with E-state index in [4.69, 9.17) is 21.4 Å². The van der Waals surface area contributed by atoms with Crippen molar-refractivity contribution in [3.05, 3.63) is 58.6 Å². The molecule has 1 N–H and O–H groups in total. The first kappa shape index (κ1) is 22.0. The fraction of sp³-hybridized carbons (Fsp3) is 0.391. The van der Waals surface area contributed by atoms with Crippen molar-refractivity contribution in [3.63, 3.8) is 0 Å². The van der Waals surface area contributed by atoms with Crippen LogP contribution in [0.5, 0.6) is 5.75 Å². The lowest BCUT2D eigenvalue weighted by Gasteiger charge is -2.08. The number of hydrogen-bond donors (Lipinski definition) is 1. The fourth-order valence-electron chi connectivity index (χ4n) is 2.79. The van der Waals surface area contributed by atoms with Crippen LogP contribution < -0.4 is 4.74 Å². The maximum atomic E-state index is 10.9. The molecule has 0 spiro atoms. The fourth-order valence-corrected chi connectivity index (χ4v) is 3.02. The average molecular weight is 402 g/mol. The van der Waals surface area contributed by atoms with Gasteiger partial charge in [0, 0.05) is 6.21 Å². The lowest BCUT2D eigenvalue weighted by Crippen LogP contribution is -1.97. The Morgan fingerprint density at radius 3 is 2.36 bits per heavy atom. The molecule has 0 aliphatic carbocycles. The molecule has 150 valence electrons. The first-order chi connectivity index (χ1) is 13.6. The van der Waals surface area contributed by atoms with Gasteiger partial charge in [0.15, 0.2) is 0 Å². The maximum absolute atomic E-state index is 10.9. The number of aliphatic imine (C=N–C) groups is 1. The highest BCUT2D eigenvalue weighted by Crippen LogP contribution is 2.29. The number of halogens is 1. The van der Waals surface area contributed by atoms with E-state index in [1.165, 1.54) is 38.5 Å². The van der Waals surface area contributed by atoms with Crippen molar-refractivity contribution in [2.24, 2.45) is 4.99 Å². The third-order valence-corrected chi connectivity index (χ3v) is 4.74. The molecule has 0 aromatic heterocycles. The first-order valence-corrected chi connectivity index (χ1v) is 10.3. The van der Waals surface area contributed by atoms with Crippen molar-refractivity contribution in [2.75, 3.05) is 6.61 Å². The van der Waals surface area contributed by atoms with E-state index in [1.54, 1.807) is 36.5 Å². The van der Waals surface area contributed by atoms with Crippen LogP contribution in [0.4, 0.5) is 5.69 Å². The van der Waals surface area contributed by atoms with Crippen LogP contribution in [0.3, 0.4) is 0 Å². The molecule has 0 aliphatic heterocycles. The SMILES string of the molecule is CCCCCCCCCOc1ccc(N=Cc2ccc(C(=O)O)cc2)cc1Cl. The number of aromatic carboxylic acids is 1. The van der Waals surface area contributed by atoms with Gasteiger partial charge >= 0.3 is 5.97 Å². The van der Waals surface area contributed by atoms with Crippen LogP contribution in [0.1, 0.15) is 67.8 Å². The summed E-state index contributed by atoms with van der Waals surface area (Å²) in [6.07, 6.45) is 10.4. The zero-order valence-electron chi connectivity index (χ0n) is 16.4. The van der Waals surface area contributed by atoms with Crippen LogP contribution in [0.25, 0.3) is 0 Å². The van der Waals surface area contributed by atoms with E-state index in [2.05, 4.69) is 11.9 Å². The number of ether oxygens (including phenoxy) is 1. The number of unbranched alkanes of at least 4 members (excludes halogenated alkanes) is 6. The second kappa shape index (κ2) is 12.2. The molecule has 0 heterocycles. The number of rotatable bonds is 12. The molecule has 5 heteroatoms. The van der Waals surface area contributed by atoms with Gasteiger partial charge < -0.3 is 9.84 Å². The van der Waals surface area contributed by atoms with E-state index < -0.39 is 5.97 Å². The minimum Gasteiger partial charge on any atom is -0.492 e. The highest BCUT2D eigenvalue weighted by molar-refractivity contribution is 6.32. The van der Waals surface area contributed by atoms with Gasteiger partial charge in [-0.15, -0.1) is 0 Å². The molecule has 0 fully saturated rings. The third-order valence-electron chi connectivity index (χ3n) is 4.44. The Balaban J connectivity index is 1.79. The summed E-state index contributed by atoms with van der Waals surface area (Å²) < 4.78 is 5.78. The van der Waals surface area contributed by atoms with Crippen LogP contribution in [-0.2, 0) is 0 Å². The average Bonchev–Trinajstić information content (AvgIpc) is 2.70. The van der Waals surface area contributed by atoms with Crippen LogP contribution >= 0.6 is 11.6 Å². The molecule has 2 aromatic rings. The highest BCUT2D eigenvalue weighted by Gasteiger charge is 2.03. The summed E-state index contributed by atoms with van der Waals surface area (Å²) in [5, 5.41) is 9.46. The summed E-state index contributed by atoms with van der Waals surface area (Å²) in [4.78, 5) is 15.3. The van der Waals surface area contributed by atoms with Gasteiger partial charge in [0.1, 0.15) is 5.75 Å². The van der Waals surface area contributed by atoms with Gasteiger partial charge in [0.05, 0.1) is 22.9 Å². The molecule has 28 heavy (non-hydrogen) atoms. The number of hydrogen-bond acceptors (Lipinski definition) is 3. The molecule has 0 amide bonds. The van der Waals surface area contributed by atoms with Crippen LogP contribution in [0.15, 0.2) is 47.5 Å². The Hall–Kier alpha value is -2.33. The van der Waals surface area contributed by atoms with Gasteiger partial charge in [-0.3, -0.25) is 4.99 Å². The van der Waals surface area contributed by atoms with Crippen LogP contribution in [0.2, 0.25) is 5.02 Å². The molecule has 0 radical (unpaired) electrons. The Bertz CT molecular complexity index is 772. The topological polar surface area (TPSA) is 58.9 Å². The summed E-state index contributed by atoms with van der Waals surface area (Å²) in [7, 11) is 0. The van der Waals surface area contributed by atoms with Crippen molar-refractivity contribution < 1.29 is 14.6 Å². The van der Waals surface area contributed by atoms with Crippen molar-refractivity contribution in [1.29, 1.82) is 0 Å². The Morgan fingerprint density at radius 1 is 1.04 bits per heavy atom. The predicted molar refractivity (Wildman–Crippen MR) is 116 cm³/mol. The number of nitrogens with zero attached hydrogens (tertiary/aromatic N) is 1. The molecular weight excluding hydrogens is 374 g/mol. The van der Waals surface area contributed by atoms with E-state index in [-0.39, 0.29) is 5.56 Å². The summed E-state index contributed by atoms with van der Waals surface area (Å²) in [6.45, 7) is 2.90. The molecule has 2 aromatic carbocycles. The standard InChI is InChI=1S/C23H28ClNO3/c1-2-3-4-5-6-7-8-15-28-22-14-13-20(16-21(22)24)25-17-18-9-11-19(12-10-18)23(26)27/h9-14,16-17H,2-8,15H2,1H3,(H,26,27). The summed E-state index contributed by atoms with van der Waals surface area (Å²) in [5.41, 5.74) is 1.79. The largest absolute Gasteiger partial charge is 0.492 e. The van der Waals surface area contributed by atoms with Gasteiger partial charge in [-0.1, -0.05) is 69.2 Å². The summed E-state index contributed by atoms with van der Waals surface area (Å²) in [6, 6.07) is 12.0. The lowest BCUT2D eigenvalue weighted by molar-refractivity contribution is 0.0697. The van der Waals surface area contributed by atoms with E-state index in [1.807, 2.05) is 12.1 Å². The van der Waals surface area contributed by atoms with Gasteiger partial charge in [-0.05, 0) is 42.3 Å². The molecule has 0 aliphatic rings. The number of carbonyl (C=O) groups is 1. The van der Waals surface area contributed by atoms with Gasteiger partial charge in [-0.25, -0.2) is 4.79 Å². The Morgan fingerprint density at radius 2 is 1.71 bits per heavy atom. The molecule has 0 saturated heterocycles. The molecule has 4 nitrogen and oxygen atoms in total. The second-order valence-corrected chi connectivity index (χ2v) is 7.18. The van der Waals surface area contributed by atoms with Gasteiger partial charge in [0.25, 0.3) is 0 Å². The highest BCUT2D eigenvalue weighted by atomic mass is 35.5. The molecular formula is C23H28ClNO3. The van der Waals surface area contributed by atoms with Crippen molar-refractivity contribution in [1.82, 2.24) is 0 Å². The summed E-state index contributed by atoms with van der Waals surface area (Å²) in [5.74, 6) is -0.264. The molecule has 0 saturated carbocycles. The predicted octanol–water partition coefficient (Wildman–Crippen LogP) is 6.92. The zero-order valence-corrected chi connectivity index (χ0v) is 17.1. The van der Waals surface area contributed by atoms with Crippen LogP contribution in [0, 0.1) is 0 Å². The molecule has 0 bridgehead atoms. The smallest absolute Gasteiger partial charge is 0.335 e. The minimum absolute atomic E-state index is 0.252. The zero-order chi connectivity index (χ0) is 20.2. The second-order valence-electron chi connectivity index (χ2n) is 6.77. The minimum atomic E-state index is -0.942. The monoisotopic (exact) mass is 401 g/mol. The van der Waals surface area contributed by atoms with Crippen molar-refractivity contribution in [3.8, 4) is 5.75 Å². The maximum Gasteiger partial charge on any atom is 0.335 e. The van der Waals surface area contributed by atoms with Crippen molar-refractivity contribution >= 4 is 29.5 Å². The van der Waals surface area contributed by atoms with Gasteiger partial charge in [0.2, 0.25) is 0 Å². The van der Waals surface area contributed by atoms with E-state index in [0.717, 1.165) is 17.7 Å². The summed E-state index contributed by atoms with van der Waals surface area (Å²) >= 11 is 6.30. The van der Waals surface area contributed by atoms with Gasteiger partial charge in [-0.2, -0.15) is 0 Å². The quantitative estimate of drug-likeness (QED) is 0.310. The Kier molecular flexibility index (Phi) is 9.56. The van der Waals surface area contributed by atoms with Crippen LogP contribution in [-0.4, -0.2) is 23.9 Å². The normalized spacial score (nSPS) is 11.1. The number of carboxylic acid groups (broad SMARTS) is 1. The lowest BCUT2D eigenvalue weighted by atomic mass is 10.1. The molecule has 2 rings (SSSR count). The van der Waals surface area contributed by atoms with E-state index in [9.17, 15) is 4.79 Å². The molecule has 0 unspecified atom stereocenters. The first-order valence-electron chi connectivity index (χ1n) is 9.90. The Labute approximate surface area is 172 Å². The van der Waals surface area contributed by atoms with E-state index >= 15 is 0 Å².